The average Bonchev–Trinajstić information content (AvgIpc) is 2.96. The number of carbonyl (C=O) groups excluding carboxylic acids is 1. The number of nitrogens with zero attached hydrogens (tertiary/aromatic N) is 2. The molecular weight excluding hydrogens is 344 g/mol. The van der Waals surface area contributed by atoms with E-state index in [4.69, 9.17) is 16.3 Å². The molecule has 1 atom stereocenters. The van der Waals surface area contributed by atoms with Gasteiger partial charge in [-0.2, -0.15) is 4.99 Å². The summed E-state index contributed by atoms with van der Waals surface area (Å²) in [5, 5.41) is 1.78. The summed E-state index contributed by atoms with van der Waals surface area (Å²) in [6.07, 6.45) is 2.22. The van der Waals surface area contributed by atoms with Crippen molar-refractivity contribution < 1.29 is 9.53 Å². The van der Waals surface area contributed by atoms with Crippen LogP contribution in [0.4, 0.5) is 0 Å². The van der Waals surface area contributed by atoms with Crippen molar-refractivity contribution in [2.24, 2.45) is 10.9 Å². The van der Waals surface area contributed by atoms with Gasteiger partial charge < -0.3 is 9.64 Å². The first-order chi connectivity index (χ1) is 11.5. The Morgan fingerprint density at radius 2 is 2.25 bits per heavy atom. The number of amidine groups is 1. The van der Waals surface area contributed by atoms with Crippen molar-refractivity contribution >= 4 is 34.4 Å². The molecule has 0 saturated carbocycles. The van der Waals surface area contributed by atoms with Gasteiger partial charge in [0.1, 0.15) is 5.75 Å². The molecule has 1 aromatic carbocycles. The molecular formula is C18H25ClN2O2S. The Balaban J connectivity index is 2.26. The molecule has 0 aromatic heterocycles. The van der Waals surface area contributed by atoms with E-state index in [0.29, 0.717) is 27.5 Å². The third-order valence-corrected chi connectivity index (χ3v) is 5.83. The molecule has 4 nitrogen and oxygen atoms in total. The van der Waals surface area contributed by atoms with E-state index >= 15 is 0 Å². The SMILES string of the molecule is CCCCN1CC(C(C)C)SC1=NC(=O)c1cc(Cl)ccc1OC. The van der Waals surface area contributed by atoms with Crippen LogP contribution in [0.2, 0.25) is 5.02 Å². The van der Waals surface area contributed by atoms with Crippen molar-refractivity contribution in [3.8, 4) is 5.75 Å². The van der Waals surface area contributed by atoms with Crippen LogP contribution in [-0.4, -0.2) is 41.4 Å². The van der Waals surface area contributed by atoms with Gasteiger partial charge in [0.15, 0.2) is 5.17 Å². The zero-order valence-electron chi connectivity index (χ0n) is 14.7. The Hall–Kier alpha value is -1.20. The number of carbonyl (C=O) groups is 1. The van der Waals surface area contributed by atoms with Crippen molar-refractivity contribution in [1.29, 1.82) is 0 Å². The van der Waals surface area contributed by atoms with E-state index in [0.717, 1.165) is 31.1 Å². The maximum atomic E-state index is 12.7. The van der Waals surface area contributed by atoms with Gasteiger partial charge in [-0.3, -0.25) is 4.79 Å². The summed E-state index contributed by atoms with van der Waals surface area (Å²) in [4.78, 5) is 19.3. The number of rotatable bonds is 6. The summed E-state index contributed by atoms with van der Waals surface area (Å²) in [6.45, 7) is 8.47. The number of hydrogen-bond acceptors (Lipinski definition) is 3. The minimum absolute atomic E-state index is 0.303. The molecule has 24 heavy (non-hydrogen) atoms. The van der Waals surface area contributed by atoms with Crippen molar-refractivity contribution in [2.75, 3.05) is 20.2 Å². The Kier molecular flexibility index (Phi) is 6.99. The lowest BCUT2D eigenvalue weighted by molar-refractivity contribution is 0.0999. The van der Waals surface area contributed by atoms with E-state index < -0.39 is 0 Å². The van der Waals surface area contributed by atoms with E-state index in [9.17, 15) is 4.79 Å². The van der Waals surface area contributed by atoms with Gasteiger partial charge in [0, 0.05) is 23.4 Å². The molecule has 0 N–H and O–H groups in total. The molecule has 1 saturated heterocycles. The number of hydrogen-bond donors (Lipinski definition) is 0. The molecule has 6 heteroatoms. The molecule has 2 rings (SSSR count). The van der Waals surface area contributed by atoms with Crippen LogP contribution in [0.5, 0.6) is 5.75 Å². The molecule has 0 aliphatic carbocycles. The second kappa shape index (κ2) is 8.77. The van der Waals surface area contributed by atoms with Gasteiger partial charge in [-0.15, -0.1) is 0 Å². The zero-order chi connectivity index (χ0) is 17.7. The Labute approximate surface area is 153 Å². The molecule has 1 heterocycles. The fourth-order valence-electron chi connectivity index (χ4n) is 2.52. The first kappa shape index (κ1) is 19.1. The van der Waals surface area contributed by atoms with Crippen molar-refractivity contribution in [3.05, 3.63) is 28.8 Å². The summed E-state index contributed by atoms with van der Waals surface area (Å²) in [6, 6.07) is 5.02. The van der Waals surface area contributed by atoms with E-state index in [-0.39, 0.29) is 5.91 Å². The Morgan fingerprint density at radius 1 is 1.50 bits per heavy atom. The lowest BCUT2D eigenvalue weighted by Crippen LogP contribution is -2.28. The minimum atomic E-state index is -0.303. The number of ether oxygens (including phenoxy) is 1. The third kappa shape index (κ3) is 4.67. The largest absolute Gasteiger partial charge is 0.496 e. The van der Waals surface area contributed by atoms with Gasteiger partial charge in [-0.1, -0.05) is 50.6 Å². The highest BCUT2D eigenvalue weighted by molar-refractivity contribution is 8.14. The zero-order valence-corrected chi connectivity index (χ0v) is 16.3. The van der Waals surface area contributed by atoms with Crippen molar-refractivity contribution in [3.63, 3.8) is 0 Å². The van der Waals surface area contributed by atoms with Gasteiger partial charge in [-0.05, 0) is 30.5 Å². The lowest BCUT2D eigenvalue weighted by atomic mass is 10.1. The Bertz CT molecular complexity index is 619. The number of amides is 1. The van der Waals surface area contributed by atoms with Gasteiger partial charge in [0.05, 0.1) is 12.7 Å². The molecule has 1 amide bonds. The van der Waals surface area contributed by atoms with Crippen LogP contribution in [0.25, 0.3) is 0 Å². The summed E-state index contributed by atoms with van der Waals surface area (Å²) < 4.78 is 5.27. The fraction of sp³-hybridized carbons (Fsp3) is 0.556. The highest BCUT2D eigenvalue weighted by atomic mass is 35.5. The lowest BCUT2D eigenvalue weighted by Gasteiger charge is -2.18. The molecule has 1 unspecified atom stereocenters. The van der Waals surface area contributed by atoms with E-state index in [1.807, 2.05) is 0 Å². The fourth-order valence-corrected chi connectivity index (χ4v) is 3.94. The topological polar surface area (TPSA) is 41.9 Å². The van der Waals surface area contributed by atoms with Crippen LogP contribution >= 0.6 is 23.4 Å². The monoisotopic (exact) mass is 368 g/mol. The second-order valence-corrected chi connectivity index (χ2v) is 7.89. The van der Waals surface area contributed by atoms with Crippen LogP contribution in [0.3, 0.4) is 0 Å². The van der Waals surface area contributed by atoms with Gasteiger partial charge in [-0.25, -0.2) is 0 Å². The summed E-state index contributed by atoms with van der Waals surface area (Å²) in [5.74, 6) is 0.739. The molecule has 1 aliphatic heterocycles. The summed E-state index contributed by atoms with van der Waals surface area (Å²) in [7, 11) is 1.54. The molecule has 132 valence electrons. The van der Waals surface area contributed by atoms with Crippen molar-refractivity contribution in [1.82, 2.24) is 4.90 Å². The van der Waals surface area contributed by atoms with E-state index in [1.165, 1.54) is 0 Å². The predicted molar refractivity (Wildman–Crippen MR) is 102 cm³/mol. The third-order valence-electron chi connectivity index (χ3n) is 4.04. The maximum Gasteiger partial charge on any atom is 0.283 e. The van der Waals surface area contributed by atoms with Crippen LogP contribution < -0.4 is 4.74 Å². The predicted octanol–water partition coefficient (Wildman–Crippen LogP) is 4.72. The van der Waals surface area contributed by atoms with Crippen LogP contribution in [-0.2, 0) is 0 Å². The first-order valence-corrected chi connectivity index (χ1v) is 9.60. The molecule has 1 aliphatic rings. The number of thioether (sulfide) groups is 1. The highest BCUT2D eigenvalue weighted by Crippen LogP contribution is 2.32. The smallest absolute Gasteiger partial charge is 0.283 e. The molecule has 0 spiro atoms. The highest BCUT2D eigenvalue weighted by Gasteiger charge is 2.31. The van der Waals surface area contributed by atoms with Gasteiger partial charge in [0.25, 0.3) is 5.91 Å². The average molecular weight is 369 g/mol. The van der Waals surface area contributed by atoms with E-state index in [2.05, 4.69) is 30.7 Å². The molecule has 1 aromatic rings. The molecule has 0 radical (unpaired) electrons. The van der Waals surface area contributed by atoms with Gasteiger partial charge >= 0.3 is 0 Å². The molecule has 1 fully saturated rings. The number of methoxy groups -OCH3 is 1. The Morgan fingerprint density at radius 3 is 2.88 bits per heavy atom. The van der Waals surface area contributed by atoms with Crippen LogP contribution in [0.15, 0.2) is 23.2 Å². The maximum absolute atomic E-state index is 12.7. The normalized spacial score (nSPS) is 19.3. The number of benzene rings is 1. The van der Waals surface area contributed by atoms with Crippen LogP contribution in [0, 0.1) is 5.92 Å². The number of unbranched alkanes of at least 4 members (excludes halogenated alkanes) is 1. The van der Waals surface area contributed by atoms with Gasteiger partial charge in [0.2, 0.25) is 0 Å². The standard InChI is InChI=1S/C18H25ClN2O2S/c1-5-6-9-21-11-16(12(2)3)24-18(21)20-17(22)14-10-13(19)7-8-15(14)23-4/h7-8,10,12,16H,5-6,9,11H2,1-4H3. The number of aliphatic imine (C=N–C) groups is 1. The second-order valence-electron chi connectivity index (χ2n) is 6.24. The van der Waals surface area contributed by atoms with Crippen LogP contribution in [0.1, 0.15) is 44.0 Å². The quantitative estimate of drug-likeness (QED) is 0.728. The number of halogens is 1. The minimum Gasteiger partial charge on any atom is -0.496 e. The van der Waals surface area contributed by atoms with Crippen molar-refractivity contribution in [2.45, 2.75) is 38.9 Å². The summed E-state index contributed by atoms with van der Waals surface area (Å²) >= 11 is 7.72. The van der Waals surface area contributed by atoms with E-state index in [1.54, 1.807) is 37.1 Å². The first-order valence-electron chi connectivity index (χ1n) is 8.34. The summed E-state index contributed by atoms with van der Waals surface area (Å²) in [5.41, 5.74) is 0.404. The molecule has 0 bridgehead atoms.